The van der Waals surface area contributed by atoms with Gasteiger partial charge in [-0.3, -0.25) is 0 Å². The second-order valence-corrected chi connectivity index (χ2v) is 7.43. The summed E-state index contributed by atoms with van der Waals surface area (Å²) < 4.78 is 5.70. The minimum absolute atomic E-state index is 0.0809. The molecule has 1 N–H and O–H groups in total. The number of thioether (sulfide) groups is 1. The lowest BCUT2D eigenvalue weighted by Gasteiger charge is -2.34. The Kier molecular flexibility index (Phi) is 4.66. The number of aromatic nitrogens is 2. The number of hydrogen-bond acceptors (Lipinski definition) is 5. The van der Waals surface area contributed by atoms with Gasteiger partial charge in [-0.25, -0.2) is 0 Å². The van der Waals surface area contributed by atoms with E-state index in [4.69, 9.17) is 9.51 Å². The predicted octanol–water partition coefficient (Wildman–Crippen LogP) is 3.45. The van der Waals surface area contributed by atoms with Crippen molar-refractivity contribution in [1.29, 1.82) is 0 Å². The first-order valence-corrected chi connectivity index (χ1v) is 9.05. The molecule has 1 aromatic rings. The Hall–Kier alpha value is -0.550. The van der Waals surface area contributed by atoms with Gasteiger partial charge in [0.05, 0.1) is 10.7 Å². The number of hydrogen-bond donors (Lipinski definition) is 1. The van der Waals surface area contributed by atoms with Gasteiger partial charge in [0, 0.05) is 6.54 Å². The van der Waals surface area contributed by atoms with Crippen LogP contribution < -0.4 is 5.32 Å². The molecule has 2 aliphatic rings. The third-order valence-electron chi connectivity index (χ3n) is 4.56. The molecule has 5 heteroatoms. The molecule has 3 rings (SSSR count). The molecule has 4 nitrogen and oxygen atoms in total. The summed E-state index contributed by atoms with van der Waals surface area (Å²) in [6, 6.07) is 0. The van der Waals surface area contributed by atoms with Crippen molar-refractivity contribution in [2.45, 2.75) is 62.5 Å². The van der Waals surface area contributed by atoms with Crippen molar-refractivity contribution in [3.63, 3.8) is 0 Å². The smallest absolute Gasteiger partial charge is 0.234 e. The van der Waals surface area contributed by atoms with Crippen molar-refractivity contribution in [3.05, 3.63) is 11.7 Å². The van der Waals surface area contributed by atoms with Crippen LogP contribution in [0.2, 0.25) is 0 Å². The minimum Gasteiger partial charge on any atom is -0.339 e. The van der Waals surface area contributed by atoms with Crippen LogP contribution in [-0.4, -0.2) is 29.0 Å². The van der Waals surface area contributed by atoms with E-state index in [0.29, 0.717) is 5.25 Å². The molecular weight excluding hydrogens is 270 g/mol. The fraction of sp³-hybridized carbons (Fsp3) is 0.867. The van der Waals surface area contributed by atoms with Gasteiger partial charge in [0.15, 0.2) is 5.82 Å². The van der Waals surface area contributed by atoms with E-state index in [1.165, 1.54) is 37.9 Å². The van der Waals surface area contributed by atoms with E-state index in [1.54, 1.807) is 0 Å². The van der Waals surface area contributed by atoms with Crippen LogP contribution in [0.15, 0.2) is 4.52 Å². The molecule has 0 saturated carbocycles. The Balaban J connectivity index is 1.79. The molecule has 2 atom stereocenters. The predicted molar refractivity (Wildman–Crippen MR) is 82.0 cm³/mol. The first-order valence-electron chi connectivity index (χ1n) is 8.00. The average molecular weight is 295 g/mol. The molecule has 0 aromatic carbocycles. The molecule has 0 amide bonds. The number of rotatable bonds is 4. The highest BCUT2D eigenvalue weighted by Gasteiger charge is 2.39. The molecule has 20 heavy (non-hydrogen) atoms. The minimum atomic E-state index is 0.0809. The molecule has 2 fully saturated rings. The number of nitrogens with one attached hydrogen (secondary N) is 1. The van der Waals surface area contributed by atoms with Gasteiger partial charge in [0.1, 0.15) is 0 Å². The average Bonchev–Trinajstić information content (AvgIpc) is 3.00. The van der Waals surface area contributed by atoms with Crippen LogP contribution in [0, 0.1) is 0 Å². The van der Waals surface area contributed by atoms with Crippen LogP contribution in [0.1, 0.15) is 68.8 Å². The third-order valence-corrected chi connectivity index (χ3v) is 5.94. The third kappa shape index (κ3) is 2.89. The van der Waals surface area contributed by atoms with Crippen molar-refractivity contribution in [3.8, 4) is 0 Å². The summed E-state index contributed by atoms with van der Waals surface area (Å²) >= 11 is 1.99. The molecule has 0 bridgehead atoms. The zero-order valence-electron chi connectivity index (χ0n) is 12.4. The lowest BCUT2D eigenvalue weighted by atomic mass is 9.77. The summed E-state index contributed by atoms with van der Waals surface area (Å²) in [6.45, 7) is 4.34. The normalized spacial score (nSPS) is 31.4. The van der Waals surface area contributed by atoms with Gasteiger partial charge in [0.25, 0.3) is 0 Å². The lowest BCUT2D eigenvalue weighted by molar-refractivity contribution is 0.213. The van der Waals surface area contributed by atoms with Crippen molar-refractivity contribution < 1.29 is 4.52 Å². The summed E-state index contributed by atoms with van der Waals surface area (Å²) in [6.07, 6.45) is 8.50. The zero-order chi connectivity index (χ0) is 13.8. The summed E-state index contributed by atoms with van der Waals surface area (Å²) in [5, 5.41) is 8.28. The van der Waals surface area contributed by atoms with E-state index in [-0.39, 0.29) is 5.41 Å². The molecule has 1 aromatic heterocycles. The van der Waals surface area contributed by atoms with Crippen LogP contribution in [0.25, 0.3) is 0 Å². The molecule has 2 saturated heterocycles. The van der Waals surface area contributed by atoms with E-state index in [1.807, 2.05) is 11.8 Å². The first kappa shape index (κ1) is 14.4. The van der Waals surface area contributed by atoms with Crippen LogP contribution >= 0.6 is 11.8 Å². The van der Waals surface area contributed by atoms with E-state index >= 15 is 0 Å². The maximum absolute atomic E-state index is 5.70. The quantitative estimate of drug-likeness (QED) is 0.922. The Labute approximate surface area is 125 Å². The summed E-state index contributed by atoms with van der Waals surface area (Å²) in [7, 11) is 0. The van der Waals surface area contributed by atoms with E-state index < -0.39 is 0 Å². The van der Waals surface area contributed by atoms with E-state index in [9.17, 15) is 0 Å². The van der Waals surface area contributed by atoms with Gasteiger partial charge in [-0.05, 0) is 44.4 Å². The molecule has 3 heterocycles. The molecule has 112 valence electrons. The Morgan fingerprint density at radius 3 is 3.05 bits per heavy atom. The van der Waals surface area contributed by atoms with Crippen LogP contribution in [-0.2, 0) is 5.41 Å². The molecule has 2 aliphatic heterocycles. The lowest BCUT2D eigenvalue weighted by Crippen LogP contribution is -2.43. The molecule has 0 radical (unpaired) electrons. The van der Waals surface area contributed by atoms with Gasteiger partial charge in [-0.2, -0.15) is 16.7 Å². The topological polar surface area (TPSA) is 51.0 Å². The Morgan fingerprint density at radius 2 is 2.35 bits per heavy atom. The largest absolute Gasteiger partial charge is 0.339 e. The standard InChI is InChI=1S/C15H25N3OS/c1-2-7-15(8-5-9-16-11-15)14-17-13(18-19-14)12-6-3-4-10-20-12/h12,16H,2-11H2,1H3. The van der Waals surface area contributed by atoms with E-state index in [2.05, 4.69) is 17.4 Å². The summed E-state index contributed by atoms with van der Waals surface area (Å²) in [4.78, 5) is 4.81. The maximum Gasteiger partial charge on any atom is 0.234 e. The highest BCUT2D eigenvalue weighted by Crippen LogP contribution is 2.39. The SMILES string of the molecule is CCCC1(c2nc(C3CCCCS3)no2)CCCNC1. The van der Waals surface area contributed by atoms with Gasteiger partial charge in [-0.15, -0.1) is 0 Å². The fourth-order valence-electron chi connectivity index (χ4n) is 3.47. The molecule has 2 unspecified atom stereocenters. The monoisotopic (exact) mass is 295 g/mol. The van der Waals surface area contributed by atoms with Gasteiger partial charge in [-0.1, -0.05) is 24.9 Å². The zero-order valence-corrected chi connectivity index (χ0v) is 13.2. The summed E-state index contributed by atoms with van der Waals surface area (Å²) in [5.41, 5.74) is 0.0809. The van der Waals surface area contributed by atoms with Crippen molar-refractivity contribution in [1.82, 2.24) is 15.5 Å². The van der Waals surface area contributed by atoms with Gasteiger partial charge >= 0.3 is 0 Å². The number of piperidine rings is 1. The second kappa shape index (κ2) is 6.48. The van der Waals surface area contributed by atoms with Gasteiger partial charge in [0.2, 0.25) is 5.89 Å². The first-order chi connectivity index (χ1) is 9.84. The molecule has 0 aliphatic carbocycles. The fourth-order valence-corrected chi connectivity index (χ4v) is 4.71. The molecular formula is C15H25N3OS. The van der Waals surface area contributed by atoms with Gasteiger partial charge < -0.3 is 9.84 Å². The summed E-state index contributed by atoms with van der Waals surface area (Å²) in [5.74, 6) is 3.05. The maximum atomic E-state index is 5.70. The number of nitrogens with zero attached hydrogens (tertiary/aromatic N) is 2. The van der Waals surface area contributed by atoms with Crippen molar-refractivity contribution in [2.75, 3.05) is 18.8 Å². The van der Waals surface area contributed by atoms with E-state index in [0.717, 1.165) is 37.6 Å². The second-order valence-electron chi connectivity index (χ2n) is 6.12. The Bertz CT molecular complexity index is 417. The van der Waals surface area contributed by atoms with Crippen LogP contribution in [0.5, 0.6) is 0 Å². The van der Waals surface area contributed by atoms with Crippen LogP contribution in [0.3, 0.4) is 0 Å². The van der Waals surface area contributed by atoms with Crippen LogP contribution in [0.4, 0.5) is 0 Å². The highest BCUT2D eigenvalue weighted by atomic mass is 32.2. The molecule has 0 spiro atoms. The Morgan fingerprint density at radius 1 is 1.40 bits per heavy atom. The highest BCUT2D eigenvalue weighted by molar-refractivity contribution is 7.99. The van der Waals surface area contributed by atoms with Crippen molar-refractivity contribution in [2.24, 2.45) is 0 Å². The van der Waals surface area contributed by atoms with Crippen molar-refractivity contribution >= 4 is 11.8 Å².